The summed E-state index contributed by atoms with van der Waals surface area (Å²) in [6.07, 6.45) is 1.68. The average Bonchev–Trinajstić information content (AvgIpc) is 2.72. The normalized spacial score (nSPS) is 10.3. The van der Waals surface area contributed by atoms with Gasteiger partial charge in [-0.05, 0) is 25.1 Å². The Balaban J connectivity index is 2.06. The quantitative estimate of drug-likeness (QED) is 0.844. The van der Waals surface area contributed by atoms with E-state index in [1.807, 2.05) is 13.0 Å². The maximum Gasteiger partial charge on any atom is 0.213 e. The van der Waals surface area contributed by atoms with Crippen molar-refractivity contribution in [3.63, 3.8) is 0 Å². The lowest BCUT2D eigenvalue weighted by atomic mass is 10.2. The lowest BCUT2D eigenvalue weighted by Crippen LogP contribution is -2.10. The number of benzene rings is 1. The first kappa shape index (κ1) is 12.9. The molecule has 2 rings (SSSR count). The van der Waals surface area contributed by atoms with E-state index in [-0.39, 0.29) is 4.99 Å². The number of rotatable bonds is 4. The maximum atomic E-state index is 6.06. The topological polar surface area (TPSA) is 64.1 Å². The second-order valence-corrected chi connectivity index (χ2v) is 4.62. The standard InChI is InChI=1S/C12H12ClN3OS/c1-7-5-16-11(17-7)6-15-8-2-3-9(12(14)18)10(13)4-8/h2-5,15H,6H2,1H3,(H2,14,18). The molecule has 0 radical (unpaired) electrons. The Morgan fingerprint density at radius 3 is 2.89 bits per heavy atom. The van der Waals surface area contributed by atoms with Gasteiger partial charge in [0.05, 0.1) is 17.8 Å². The van der Waals surface area contributed by atoms with Crippen LogP contribution in [0.3, 0.4) is 0 Å². The number of nitrogens with one attached hydrogen (secondary N) is 1. The Kier molecular flexibility index (Phi) is 3.84. The van der Waals surface area contributed by atoms with Gasteiger partial charge in [0.1, 0.15) is 10.7 Å². The Labute approximate surface area is 115 Å². The number of halogens is 1. The second-order valence-electron chi connectivity index (χ2n) is 3.78. The Morgan fingerprint density at radius 2 is 2.33 bits per heavy atom. The maximum absolute atomic E-state index is 6.06. The van der Waals surface area contributed by atoms with Gasteiger partial charge in [0, 0.05) is 11.3 Å². The third kappa shape index (κ3) is 3.00. The summed E-state index contributed by atoms with van der Waals surface area (Å²) in [6.45, 7) is 2.35. The van der Waals surface area contributed by atoms with E-state index < -0.39 is 0 Å². The molecule has 0 spiro atoms. The van der Waals surface area contributed by atoms with Crippen molar-refractivity contribution in [3.8, 4) is 0 Å². The van der Waals surface area contributed by atoms with Crippen molar-refractivity contribution >= 4 is 34.5 Å². The van der Waals surface area contributed by atoms with Crippen molar-refractivity contribution in [1.82, 2.24) is 4.98 Å². The van der Waals surface area contributed by atoms with Crippen LogP contribution < -0.4 is 11.1 Å². The highest BCUT2D eigenvalue weighted by atomic mass is 35.5. The van der Waals surface area contributed by atoms with E-state index in [0.29, 0.717) is 23.0 Å². The van der Waals surface area contributed by atoms with E-state index in [2.05, 4.69) is 10.3 Å². The van der Waals surface area contributed by atoms with E-state index in [1.54, 1.807) is 18.3 Å². The van der Waals surface area contributed by atoms with Gasteiger partial charge in [-0.3, -0.25) is 0 Å². The fraction of sp³-hybridized carbons (Fsp3) is 0.167. The molecule has 0 bridgehead atoms. The third-order valence-corrected chi connectivity index (χ3v) is 2.88. The Bertz CT molecular complexity index is 582. The molecule has 1 aromatic carbocycles. The summed E-state index contributed by atoms with van der Waals surface area (Å²) in [5.41, 5.74) is 7.06. The summed E-state index contributed by atoms with van der Waals surface area (Å²) in [5.74, 6) is 1.41. The molecule has 4 nitrogen and oxygen atoms in total. The van der Waals surface area contributed by atoms with Crippen molar-refractivity contribution in [2.24, 2.45) is 5.73 Å². The van der Waals surface area contributed by atoms with Crippen LogP contribution >= 0.6 is 23.8 Å². The summed E-state index contributed by atoms with van der Waals surface area (Å²) in [5, 5.41) is 3.68. The monoisotopic (exact) mass is 281 g/mol. The summed E-state index contributed by atoms with van der Waals surface area (Å²) in [7, 11) is 0. The van der Waals surface area contributed by atoms with E-state index in [9.17, 15) is 0 Å². The third-order valence-electron chi connectivity index (χ3n) is 2.35. The van der Waals surface area contributed by atoms with Crippen LogP contribution in [0.4, 0.5) is 5.69 Å². The van der Waals surface area contributed by atoms with E-state index in [0.717, 1.165) is 11.4 Å². The number of hydrogen-bond donors (Lipinski definition) is 2. The smallest absolute Gasteiger partial charge is 0.213 e. The predicted octanol–water partition coefficient (Wildman–Crippen LogP) is 2.88. The van der Waals surface area contributed by atoms with Crippen molar-refractivity contribution in [2.45, 2.75) is 13.5 Å². The minimum atomic E-state index is 0.287. The number of aromatic nitrogens is 1. The SMILES string of the molecule is Cc1cnc(CNc2ccc(C(N)=S)c(Cl)c2)o1. The van der Waals surface area contributed by atoms with Crippen molar-refractivity contribution in [3.05, 3.63) is 46.6 Å². The van der Waals surface area contributed by atoms with Gasteiger partial charge in [0.15, 0.2) is 0 Å². The minimum Gasteiger partial charge on any atom is -0.444 e. The van der Waals surface area contributed by atoms with Crippen molar-refractivity contribution < 1.29 is 4.42 Å². The fourth-order valence-corrected chi connectivity index (χ4v) is 2.00. The van der Waals surface area contributed by atoms with Gasteiger partial charge in [0.25, 0.3) is 0 Å². The first-order valence-corrected chi connectivity index (χ1v) is 6.09. The lowest BCUT2D eigenvalue weighted by Gasteiger charge is -2.07. The van der Waals surface area contributed by atoms with Crippen LogP contribution in [0, 0.1) is 6.92 Å². The van der Waals surface area contributed by atoms with E-state index in [4.69, 9.17) is 34.0 Å². The number of anilines is 1. The van der Waals surface area contributed by atoms with Crippen LogP contribution in [-0.4, -0.2) is 9.97 Å². The predicted molar refractivity (Wildman–Crippen MR) is 75.9 cm³/mol. The number of hydrogen-bond acceptors (Lipinski definition) is 4. The van der Waals surface area contributed by atoms with Crippen LogP contribution in [0.2, 0.25) is 5.02 Å². The lowest BCUT2D eigenvalue weighted by molar-refractivity contribution is 0.479. The molecule has 3 N–H and O–H groups in total. The van der Waals surface area contributed by atoms with Crippen LogP contribution in [0.1, 0.15) is 17.2 Å². The van der Waals surface area contributed by atoms with Gasteiger partial charge in [-0.15, -0.1) is 0 Å². The highest BCUT2D eigenvalue weighted by molar-refractivity contribution is 7.80. The molecule has 0 aliphatic carbocycles. The molecule has 6 heteroatoms. The highest BCUT2D eigenvalue weighted by Gasteiger charge is 2.05. The van der Waals surface area contributed by atoms with Gasteiger partial charge >= 0.3 is 0 Å². The van der Waals surface area contributed by atoms with Crippen LogP contribution in [-0.2, 0) is 6.54 Å². The molecule has 0 saturated heterocycles. The summed E-state index contributed by atoms with van der Waals surface area (Å²) < 4.78 is 5.35. The van der Waals surface area contributed by atoms with E-state index >= 15 is 0 Å². The zero-order valence-corrected chi connectivity index (χ0v) is 11.3. The van der Waals surface area contributed by atoms with Crippen LogP contribution in [0.25, 0.3) is 0 Å². The first-order chi connectivity index (χ1) is 8.56. The zero-order chi connectivity index (χ0) is 13.1. The van der Waals surface area contributed by atoms with Gasteiger partial charge < -0.3 is 15.5 Å². The molecule has 1 heterocycles. The van der Waals surface area contributed by atoms with Gasteiger partial charge in [-0.25, -0.2) is 4.98 Å². The minimum absolute atomic E-state index is 0.287. The second kappa shape index (κ2) is 5.37. The molecule has 1 aromatic heterocycles. The molecule has 0 aliphatic rings. The van der Waals surface area contributed by atoms with Crippen molar-refractivity contribution in [2.75, 3.05) is 5.32 Å². The van der Waals surface area contributed by atoms with Gasteiger partial charge in [-0.1, -0.05) is 23.8 Å². The zero-order valence-electron chi connectivity index (χ0n) is 9.74. The van der Waals surface area contributed by atoms with Gasteiger partial charge in [-0.2, -0.15) is 0 Å². The Morgan fingerprint density at radius 1 is 1.56 bits per heavy atom. The molecule has 2 aromatic rings. The van der Waals surface area contributed by atoms with Crippen LogP contribution in [0.15, 0.2) is 28.8 Å². The molecular formula is C12H12ClN3OS. The van der Waals surface area contributed by atoms with Crippen LogP contribution in [0.5, 0.6) is 0 Å². The average molecular weight is 282 g/mol. The molecule has 0 saturated carbocycles. The number of nitrogens with zero attached hydrogens (tertiary/aromatic N) is 1. The van der Waals surface area contributed by atoms with E-state index in [1.165, 1.54) is 0 Å². The molecule has 0 amide bonds. The fourth-order valence-electron chi connectivity index (χ4n) is 1.49. The van der Waals surface area contributed by atoms with Gasteiger partial charge in [0.2, 0.25) is 5.89 Å². The molecule has 0 atom stereocenters. The largest absolute Gasteiger partial charge is 0.444 e. The summed E-state index contributed by atoms with van der Waals surface area (Å²) in [4.78, 5) is 4.38. The molecule has 0 fully saturated rings. The first-order valence-electron chi connectivity index (χ1n) is 5.31. The summed E-state index contributed by atoms with van der Waals surface area (Å²) in [6, 6.07) is 5.41. The molecule has 18 heavy (non-hydrogen) atoms. The highest BCUT2D eigenvalue weighted by Crippen LogP contribution is 2.21. The molecular weight excluding hydrogens is 270 g/mol. The summed E-state index contributed by atoms with van der Waals surface area (Å²) >= 11 is 10.9. The molecule has 0 unspecified atom stereocenters. The number of nitrogens with two attached hydrogens (primary N) is 1. The number of oxazole rings is 1. The molecule has 0 aliphatic heterocycles. The number of thiocarbonyl (C=S) groups is 1. The Hall–Kier alpha value is -1.59. The van der Waals surface area contributed by atoms with Crippen molar-refractivity contribution in [1.29, 1.82) is 0 Å². The molecule has 94 valence electrons. The number of aryl methyl sites for hydroxylation is 1.